The molecule has 3 heteroatoms. The minimum atomic E-state index is 0.163. The Balaban J connectivity index is 3.52. The first-order chi connectivity index (χ1) is 6.24. The average Bonchev–Trinajstić information content (AvgIpc) is 2.17. The Kier molecular flexibility index (Phi) is 8.92. The lowest BCUT2D eigenvalue weighted by Crippen LogP contribution is -2.29. The fraction of sp³-hybridized carbons (Fsp3) is 0.900. The zero-order valence-electron chi connectivity index (χ0n) is 8.61. The van der Waals surface area contributed by atoms with Gasteiger partial charge < -0.3 is 5.32 Å². The predicted octanol–water partition coefficient (Wildman–Crippen LogP) is 2.75. The third kappa shape index (κ3) is 7.28. The Morgan fingerprint density at radius 3 is 2.62 bits per heavy atom. The van der Waals surface area contributed by atoms with Crippen molar-refractivity contribution in [3.63, 3.8) is 0 Å². The van der Waals surface area contributed by atoms with E-state index in [9.17, 15) is 4.79 Å². The van der Waals surface area contributed by atoms with E-state index in [1.54, 1.807) is 0 Å². The van der Waals surface area contributed by atoms with Crippen LogP contribution in [0.25, 0.3) is 0 Å². The molecule has 78 valence electrons. The summed E-state index contributed by atoms with van der Waals surface area (Å²) in [6.45, 7) is 5.25. The quantitative estimate of drug-likeness (QED) is 0.568. The number of amides is 1. The highest BCUT2D eigenvalue weighted by Gasteiger charge is 2.06. The second kappa shape index (κ2) is 8.78. The van der Waals surface area contributed by atoms with Gasteiger partial charge in [0.2, 0.25) is 5.91 Å². The molecule has 1 N–H and O–H groups in total. The van der Waals surface area contributed by atoms with Crippen LogP contribution in [-0.2, 0) is 4.79 Å². The highest BCUT2D eigenvalue weighted by molar-refractivity contribution is 14.1. The van der Waals surface area contributed by atoms with Crippen LogP contribution in [0, 0.1) is 5.92 Å². The Morgan fingerprint density at radius 2 is 2.15 bits per heavy atom. The number of rotatable bonds is 7. The maximum absolute atomic E-state index is 11.0. The first-order valence-corrected chi connectivity index (χ1v) is 6.59. The highest BCUT2D eigenvalue weighted by atomic mass is 127. The molecule has 13 heavy (non-hydrogen) atoms. The number of carbonyl (C=O) groups excluding carboxylic acids is 1. The molecule has 0 heterocycles. The van der Waals surface area contributed by atoms with Crippen LogP contribution in [0.15, 0.2) is 0 Å². The number of carbonyl (C=O) groups is 1. The summed E-state index contributed by atoms with van der Waals surface area (Å²) < 4.78 is 0.571. The first-order valence-electron chi connectivity index (χ1n) is 5.07. The summed E-state index contributed by atoms with van der Waals surface area (Å²) in [5.41, 5.74) is 0. The van der Waals surface area contributed by atoms with E-state index in [-0.39, 0.29) is 5.91 Å². The van der Waals surface area contributed by atoms with Gasteiger partial charge in [-0.3, -0.25) is 4.79 Å². The predicted molar refractivity (Wildman–Crippen MR) is 65.2 cm³/mol. The fourth-order valence-corrected chi connectivity index (χ4v) is 1.52. The zero-order chi connectivity index (χ0) is 10.1. The standard InChI is InChI=1S/C10H20INO/c1-3-5-6-9(4-2)8-12-10(13)7-11/h9H,3-8H2,1-2H3,(H,12,13). The van der Waals surface area contributed by atoms with Gasteiger partial charge in [-0.2, -0.15) is 0 Å². The van der Waals surface area contributed by atoms with Gasteiger partial charge in [-0.1, -0.05) is 55.7 Å². The van der Waals surface area contributed by atoms with E-state index in [0.717, 1.165) is 6.54 Å². The molecular formula is C10H20INO. The van der Waals surface area contributed by atoms with Crippen LogP contribution in [0.3, 0.4) is 0 Å². The molecule has 0 aromatic heterocycles. The molecule has 0 aromatic carbocycles. The second-order valence-corrected chi connectivity index (χ2v) is 4.12. The van der Waals surface area contributed by atoms with E-state index < -0.39 is 0 Å². The summed E-state index contributed by atoms with van der Waals surface area (Å²) in [7, 11) is 0. The van der Waals surface area contributed by atoms with Gasteiger partial charge in [0, 0.05) is 6.54 Å². The number of halogens is 1. The molecule has 0 saturated carbocycles. The van der Waals surface area contributed by atoms with Crippen molar-refractivity contribution in [2.75, 3.05) is 11.0 Å². The summed E-state index contributed by atoms with van der Waals surface area (Å²) in [5, 5.41) is 2.95. The molecule has 1 unspecified atom stereocenters. The van der Waals surface area contributed by atoms with Crippen LogP contribution in [0.4, 0.5) is 0 Å². The van der Waals surface area contributed by atoms with Crippen LogP contribution < -0.4 is 5.32 Å². The molecule has 0 aliphatic rings. The lowest BCUT2D eigenvalue weighted by atomic mass is 9.99. The van der Waals surface area contributed by atoms with E-state index in [2.05, 4.69) is 41.8 Å². The number of unbranched alkanes of at least 4 members (excludes halogenated alkanes) is 1. The van der Waals surface area contributed by atoms with Gasteiger partial charge in [0.05, 0.1) is 4.43 Å². The molecule has 0 aliphatic carbocycles. The van der Waals surface area contributed by atoms with Crippen LogP contribution in [0.1, 0.15) is 39.5 Å². The van der Waals surface area contributed by atoms with Gasteiger partial charge in [0.1, 0.15) is 0 Å². The number of nitrogens with one attached hydrogen (secondary N) is 1. The minimum Gasteiger partial charge on any atom is -0.355 e. The summed E-state index contributed by atoms with van der Waals surface area (Å²) in [5.74, 6) is 0.836. The van der Waals surface area contributed by atoms with Crippen molar-refractivity contribution in [1.29, 1.82) is 0 Å². The van der Waals surface area contributed by atoms with Gasteiger partial charge in [-0.15, -0.1) is 0 Å². The fourth-order valence-electron chi connectivity index (χ4n) is 1.25. The molecule has 1 atom stereocenters. The maximum atomic E-state index is 11.0. The van der Waals surface area contributed by atoms with Crippen LogP contribution in [0.5, 0.6) is 0 Å². The average molecular weight is 297 g/mol. The van der Waals surface area contributed by atoms with Crippen molar-refractivity contribution in [3.8, 4) is 0 Å². The molecule has 0 rings (SSSR count). The molecule has 0 aromatic rings. The molecule has 0 fully saturated rings. The molecule has 0 saturated heterocycles. The second-order valence-electron chi connectivity index (χ2n) is 3.35. The van der Waals surface area contributed by atoms with E-state index >= 15 is 0 Å². The third-order valence-electron chi connectivity index (χ3n) is 2.25. The Hall–Kier alpha value is 0.200. The maximum Gasteiger partial charge on any atom is 0.229 e. The van der Waals surface area contributed by atoms with Gasteiger partial charge in [-0.05, 0) is 12.3 Å². The summed E-state index contributed by atoms with van der Waals surface area (Å²) in [6, 6.07) is 0. The lowest BCUT2D eigenvalue weighted by molar-refractivity contribution is -0.118. The number of alkyl halides is 1. The zero-order valence-corrected chi connectivity index (χ0v) is 10.8. The monoisotopic (exact) mass is 297 g/mol. The van der Waals surface area contributed by atoms with Crippen molar-refractivity contribution in [1.82, 2.24) is 5.32 Å². The van der Waals surface area contributed by atoms with E-state index in [4.69, 9.17) is 0 Å². The summed E-state index contributed by atoms with van der Waals surface area (Å²) in [6.07, 6.45) is 4.94. The first kappa shape index (κ1) is 13.2. The van der Waals surface area contributed by atoms with Crippen LogP contribution in [0.2, 0.25) is 0 Å². The van der Waals surface area contributed by atoms with Crippen molar-refractivity contribution < 1.29 is 4.79 Å². The highest BCUT2D eigenvalue weighted by Crippen LogP contribution is 2.10. The molecule has 2 nitrogen and oxygen atoms in total. The Morgan fingerprint density at radius 1 is 1.46 bits per heavy atom. The molecule has 0 radical (unpaired) electrons. The Labute approximate surface area is 95.0 Å². The van der Waals surface area contributed by atoms with Gasteiger partial charge >= 0.3 is 0 Å². The molecular weight excluding hydrogens is 277 g/mol. The van der Waals surface area contributed by atoms with E-state index in [1.807, 2.05) is 0 Å². The molecule has 1 amide bonds. The van der Waals surface area contributed by atoms with Crippen molar-refractivity contribution in [2.24, 2.45) is 5.92 Å². The lowest BCUT2D eigenvalue weighted by Gasteiger charge is -2.14. The molecule has 0 bridgehead atoms. The number of hydrogen-bond donors (Lipinski definition) is 1. The number of hydrogen-bond acceptors (Lipinski definition) is 1. The normalized spacial score (nSPS) is 12.5. The largest absolute Gasteiger partial charge is 0.355 e. The molecule has 0 spiro atoms. The summed E-state index contributed by atoms with van der Waals surface area (Å²) >= 11 is 2.09. The van der Waals surface area contributed by atoms with Crippen molar-refractivity contribution in [2.45, 2.75) is 39.5 Å². The van der Waals surface area contributed by atoms with E-state index in [1.165, 1.54) is 25.7 Å². The SMILES string of the molecule is CCCCC(CC)CNC(=O)CI. The van der Waals surface area contributed by atoms with Gasteiger partial charge in [0.25, 0.3) is 0 Å². The van der Waals surface area contributed by atoms with Crippen LogP contribution >= 0.6 is 22.6 Å². The van der Waals surface area contributed by atoms with Crippen LogP contribution in [-0.4, -0.2) is 16.9 Å². The van der Waals surface area contributed by atoms with Gasteiger partial charge in [0.15, 0.2) is 0 Å². The smallest absolute Gasteiger partial charge is 0.229 e. The topological polar surface area (TPSA) is 29.1 Å². The minimum absolute atomic E-state index is 0.163. The van der Waals surface area contributed by atoms with Crippen molar-refractivity contribution >= 4 is 28.5 Å². The third-order valence-corrected chi connectivity index (χ3v) is 2.95. The van der Waals surface area contributed by atoms with E-state index in [0.29, 0.717) is 10.3 Å². The van der Waals surface area contributed by atoms with Crippen molar-refractivity contribution in [3.05, 3.63) is 0 Å². The van der Waals surface area contributed by atoms with Gasteiger partial charge in [-0.25, -0.2) is 0 Å². The Bertz CT molecular complexity index is 139. The molecule has 0 aliphatic heterocycles. The summed E-state index contributed by atoms with van der Waals surface area (Å²) in [4.78, 5) is 11.0.